The molecule has 0 unspecified atom stereocenters. The van der Waals surface area contributed by atoms with E-state index in [9.17, 15) is 9.90 Å². The van der Waals surface area contributed by atoms with E-state index < -0.39 is 5.91 Å². The molecule has 3 N–H and O–H groups in total. The number of aromatic nitrogens is 1. The number of nitrogens with zero attached hydrogens (tertiary/aromatic N) is 1. The van der Waals surface area contributed by atoms with Gasteiger partial charge in [-0.3, -0.25) is 4.79 Å². The molecule has 0 aromatic carbocycles. The van der Waals surface area contributed by atoms with Gasteiger partial charge in [-0.1, -0.05) is 11.6 Å². The van der Waals surface area contributed by atoms with E-state index in [4.69, 9.17) is 17.3 Å². The lowest BCUT2D eigenvalue weighted by Crippen LogP contribution is -2.13. The Morgan fingerprint density at radius 3 is 3.00 bits per heavy atom. The zero-order valence-electron chi connectivity index (χ0n) is 6.82. The van der Waals surface area contributed by atoms with E-state index in [1.165, 1.54) is 22.8 Å². The second-order valence-electron chi connectivity index (χ2n) is 2.66. The second-order valence-corrected chi connectivity index (χ2v) is 3.92. The monoisotopic (exact) mass is 228 g/mol. The van der Waals surface area contributed by atoms with Crippen LogP contribution in [0.25, 0.3) is 10.2 Å². The molecule has 2 heterocycles. The van der Waals surface area contributed by atoms with Crippen molar-refractivity contribution in [1.82, 2.24) is 4.98 Å². The van der Waals surface area contributed by atoms with Gasteiger partial charge in [-0.05, 0) is 6.07 Å². The van der Waals surface area contributed by atoms with Crippen molar-refractivity contribution in [2.24, 2.45) is 5.73 Å². The van der Waals surface area contributed by atoms with Crippen molar-refractivity contribution in [2.45, 2.75) is 0 Å². The highest BCUT2D eigenvalue weighted by atomic mass is 35.5. The van der Waals surface area contributed by atoms with E-state index in [1.807, 2.05) is 0 Å². The molecular weight excluding hydrogens is 224 g/mol. The van der Waals surface area contributed by atoms with E-state index in [1.54, 1.807) is 0 Å². The van der Waals surface area contributed by atoms with Crippen molar-refractivity contribution >= 4 is 39.1 Å². The molecule has 0 aliphatic carbocycles. The van der Waals surface area contributed by atoms with Gasteiger partial charge in [-0.2, -0.15) is 0 Å². The normalized spacial score (nSPS) is 10.6. The van der Waals surface area contributed by atoms with Gasteiger partial charge in [0.15, 0.2) is 0 Å². The maximum Gasteiger partial charge on any atom is 0.268 e. The van der Waals surface area contributed by atoms with Crippen molar-refractivity contribution < 1.29 is 9.90 Å². The fourth-order valence-electron chi connectivity index (χ4n) is 1.09. The number of carbonyl (C=O) groups excluding carboxylic acids is 1. The van der Waals surface area contributed by atoms with Gasteiger partial charge in [0, 0.05) is 5.38 Å². The highest BCUT2D eigenvalue weighted by Gasteiger charge is 2.13. The Labute approximate surface area is 87.9 Å². The number of hydrogen-bond acceptors (Lipinski definition) is 4. The van der Waals surface area contributed by atoms with E-state index in [0.29, 0.717) is 10.2 Å². The molecule has 0 aliphatic heterocycles. The molecule has 0 saturated heterocycles. The number of aromatic hydroxyl groups is 1. The maximum atomic E-state index is 10.9. The second kappa shape index (κ2) is 3.11. The summed E-state index contributed by atoms with van der Waals surface area (Å²) in [6, 6.07) is 1.48. The first-order chi connectivity index (χ1) is 6.59. The predicted octanol–water partition coefficient (Wildman–Crippen LogP) is 1.75. The van der Waals surface area contributed by atoms with E-state index in [-0.39, 0.29) is 16.5 Å². The first kappa shape index (κ1) is 9.23. The number of primary amides is 1. The van der Waals surface area contributed by atoms with Gasteiger partial charge < -0.3 is 10.8 Å². The van der Waals surface area contributed by atoms with Crippen molar-refractivity contribution in [2.75, 3.05) is 0 Å². The highest BCUT2D eigenvalue weighted by Crippen LogP contribution is 2.32. The number of rotatable bonds is 1. The van der Waals surface area contributed by atoms with Crippen LogP contribution in [-0.4, -0.2) is 16.0 Å². The molecule has 0 fully saturated rings. The summed E-state index contributed by atoms with van der Waals surface area (Å²) in [6.07, 6.45) is 0. The fraction of sp³-hybridized carbons (Fsp3) is 0. The number of halogens is 1. The molecule has 4 nitrogen and oxygen atoms in total. The van der Waals surface area contributed by atoms with E-state index in [0.717, 1.165) is 0 Å². The van der Waals surface area contributed by atoms with E-state index >= 15 is 0 Å². The molecular formula is C8H5ClN2O2S. The maximum absolute atomic E-state index is 10.9. The minimum atomic E-state index is -0.676. The lowest BCUT2D eigenvalue weighted by Gasteiger charge is -1.98. The van der Waals surface area contributed by atoms with Crippen LogP contribution in [0.15, 0.2) is 11.4 Å². The Hall–Kier alpha value is -1.33. The Kier molecular flexibility index (Phi) is 2.05. The van der Waals surface area contributed by atoms with Crippen LogP contribution in [0.5, 0.6) is 5.75 Å². The summed E-state index contributed by atoms with van der Waals surface area (Å²) in [6.45, 7) is 0. The van der Waals surface area contributed by atoms with Gasteiger partial charge in [-0.15, -0.1) is 11.3 Å². The minimum absolute atomic E-state index is 0.0287. The fourth-order valence-corrected chi connectivity index (χ4v) is 2.12. The lowest BCUT2D eigenvalue weighted by atomic mass is 10.3. The summed E-state index contributed by atoms with van der Waals surface area (Å²) in [7, 11) is 0. The molecule has 14 heavy (non-hydrogen) atoms. The highest BCUT2D eigenvalue weighted by molar-refractivity contribution is 7.17. The van der Waals surface area contributed by atoms with Crippen LogP contribution < -0.4 is 5.73 Å². The minimum Gasteiger partial charge on any atom is -0.506 e. The van der Waals surface area contributed by atoms with Gasteiger partial charge in [-0.25, -0.2) is 4.98 Å². The summed E-state index contributed by atoms with van der Waals surface area (Å²) in [4.78, 5) is 15.4. The molecule has 1 amide bonds. The third-order valence-electron chi connectivity index (χ3n) is 1.73. The zero-order valence-corrected chi connectivity index (χ0v) is 8.39. The van der Waals surface area contributed by atoms with Crippen LogP contribution in [0.4, 0.5) is 0 Å². The Morgan fingerprint density at radius 2 is 2.36 bits per heavy atom. The molecule has 2 aromatic heterocycles. The number of thiophene rings is 1. The summed E-state index contributed by atoms with van der Waals surface area (Å²) in [5.74, 6) is -0.569. The largest absolute Gasteiger partial charge is 0.506 e. The van der Waals surface area contributed by atoms with Crippen LogP contribution in [0.1, 0.15) is 10.5 Å². The van der Waals surface area contributed by atoms with Gasteiger partial charge in [0.1, 0.15) is 16.3 Å². The molecule has 0 aliphatic rings. The van der Waals surface area contributed by atoms with Crippen molar-refractivity contribution in [3.63, 3.8) is 0 Å². The SMILES string of the molecule is NC(=O)c1nc2scc(O)c2cc1Cl. The summed E-state index contributed by atoms with van der Waals surface area (Å²) in [5, 5.41) is 11.6. The smallest absolute Gasteiger partial charge is 0.268 e. The molecule has 2 aromatic rings. The van der Waals surface area contributed by atoms with Crippen molar-refractivity contribution in [3.8, 4) is 5.75 Å². The number of hydrogen-bond donors (Lipinski definition) is 2. The number of nitrogens with two attached hydrogens (primary N) is 1. The van der Waals surface area contributed by atoms with Gasteiger partial charge in [0.25, 0.3) is 5.91 Å². The van der Waals surface area contributed by atoms with Crippen molar-refractivity contribution in [1.29, 1.82) is 0 Å². The first-order valence-electron chi connectivity index (χ1n) is 3.66. The van der Waals surface area contributed by atoms with Crippen LogP contribution in [-0.2, 0) is 0 Å². The third-order valence-corrected chi connectivity index (χ3v) is 2.90. The number of amides is 1. The zero-order chi connectivity index (χ0) is 10.3. The van der Waals surface area contributed by atoms with Gasteiger partial charge in [0.05, 0.1) is 10.4 Å². The summed E-state index contributed by atoms with van der Waals surface area (Å²) in [5.41, 5.74) is 5.10. The summed E-state index contributed by atoms with van der Waals surface area (Å²) >= 11 is 6.98. The van der Waals surface area contributed by atoms with Crippen LogP contribution >= 0.6 is 22.9 Å². The molecule has 0 saturated carbocycles. The molecule has 0 bridgehead atoms. The molecule has 0 radical (unpaired) electrons. The van der Waals surface area contributed by atoms with Gasteiger partial charge in [0.2, 0.25) is 0 Å². The molecule has 0 spiro atoms. The van der Waals surface area contributed by atoms with Crippen LogP contribution in [0.3, 0.4) is 0 Å². The Bertz CT molecular complexity index is 523. The first-order valence-corrected chi connectivity index (χ1v) is 4.92. The predicted molar refractivity (Wildman–Crippen MR) is 54.8 cm³/mol. The quantitative estimate of drug-likeness (QED) is 0.781. The standard InChI is InChI=1S/C8H5ClN2O2S/c9-4-1-3-5(12)2-14-8(3)11-6(4)7(10)13/h1-2,12H,(H2,10,13). The molecule has 0 atom stereocenters. The molecule has 72 valence electrons. The topological polar surface area (TPSA) is 76.2 Å². The van der Waals surface area contributed by atoms with Crippen LogP contribution in [0, 0.1) is 0 Å². The summed E-state index contributed by atoms with van der Waals surface area (Å²) < 4.78 is 0. The lowest BCUT2D eigenvalue weighted by molar-refractivity contribution is 0.0996. The van der Waals surface area contributed by atoms with Crippen molar-refractivity contribution in [3.05, 3.63) is 22.2 Å². The molecule has 2 rings (SSSR count). The average Bonchev–Trinajstić information content (AvgIpc) is 2.46. The van der Waals surface area contributed by atoms with E-state index in [2.05, 4.69) is 4.98 Å². The average molecular weight is 229 g/mol. The Balaban J connectivity index is 2.79. The number of pyridine rings is 1. The third kappa shape index (κ3) is 1.30. The molecule has 6 heteroatoms. The van der Waals surface area contributed by atoms with Gasteiger partial charge >= 0.3 is 0 Å². The van der Waals surface area contributed by atoms with Crippen LogP contribution in [0.2, 0.25) is 5.02 Å². The number of fused-ring (bicyclic) bond motifs is 1. The Morgan fingerprint density at radius 1 is 1.64 bits per heavy atom. The number of carbonyl (C=O) groups is 1.